The number of aryl methyl sites for hydroxylation is 2. The lowest BCUT2D eigenvalue weighted by Gasteiger charge is -2.07. The topological polar surface area (TPSA) is 77.1 Å². The average Bonchev–Trinajstić information content (AvgIpc) is 3.17. The first-order valence-electron chi connectivity index (χ1n) is 7.93. The summed E-state index contributed by atoms with van der Waals surface area (Å²) in [6, 6.07) is 9.47. The van der Waals surface area contributed by atoms with E-state index in [1.165, 1.54) is 16.8 Å². The van der Waals surface area contributed by atoms with Crippen LogP contribution in [0.15, 0.2) is 48.8 Å². The normalized spacial score (nSPS) is 11.0. The van der Waals surface area contributed by atoms with Gasteiger partial charge in [-0.25, -0.2) is 9.37 Å². The Bertz CT molecular complexity index is 1130. The Kier molecular flexibility index (Phi) is 3.72. The van der Waals surface area contributed by atoms with Gasteiger partial charge < -0.3 is 5.32 Å². The molecular formula is C18H15FN6O. The van der Waals surface area contributed by atoms with Crippen molar-refractivity contribution in [2.75, 3.05) is 5.32 Å². The lowest BCUT2D eigenvalue weighted by molar-refractivity contribution is 0.102. The van der Waals surface area contributed by atoms with Crippen LogP contribution in [0.1, 0.15) is 16.1 Å². The van der Waals surface area contributed by atoms with Crippen LogP contribution in [0.3, 0.4) is 0 Å². The number of anilines is 1. The van der Waals surface area contributed by atoms with Crippen molar-refractivity contribution >= 4 is 17.4 Å². The molecule has 1 aromatic carbocycles. The number of benzene rings is 1. The molecule has 0 radical (unpaired) electrons. The third kappa shape index (κ3) is 2.81. The van der Waals surface area contributed by atoms with E-state index in [0.717, 1.165) is 5.69 Å². The second-order valence-electron chi connectivity index (χ2n) is 5.92. The van der Waals surface area contributed by atoms with Gasteiger partial charge >= 0.3 is 0 Å². The first kappa shape index (κ1) is 15.9. The largest absolute Gasteiger partial charge is 0.306 e. The molecule has 0 saturated carbocycles. The number of nitrogens with zero attached hydrogens (tertiary/aromatic N) is 5. The highest BCUT2D eigenvalue weighted by atomic mass is 19.1. The summed E-state index contributed by atoms with van der Waals surface area (Å²) in [4.78, 5) is 17.0. The number of fused-ring (bicyclic) bond motifs is 1. The van der Waals surface area contributed by atoms with Crippen molar-refractivity contribution in [3.8, 4) is 11.3 Å². The molecule has 8 heteroatoms. The number of carbonyl (C=O) groups excluding carboxylic acids is 1. The fraction of sp³-hybridized carbons (Fsp3) is 0.111. The number of hydrogen-bond acceptors (Lipinski definition) is 4. The van der Waals surface area contributed by atoms with E-state index in [1.807, 2.05) is 13.0 Å². The maximum atomic E-state index is 13.6. The predicted molar refractivity (Wildman–Crippen MR) is 94.3 cm³/mol. The van der Waals surface area contributed by atoms with Crippen LogP contribution in [0.2, 0.25) is 0 Å². The molecule has 0 fully saturated rings. The Morgan fingerprint density at radius 2 is 2.04 bits per heavy atom. The fourth-order valence-corrected chi connectivity index (χ4v) is 2.79. The lowest BCUT2D eigenvalue weighted by atomic mass is 10.1. The van der Waals surface area contributed by atoms with E-state index in [1.54, 1.807) is 42.2 Å². The van der Waals surface area contributed by atoms with E-state index < -0.39 is 0 Å². The minimum Gasteiger partial charge on any atom is -0.306 e. The van der Waals surface area contributed by atoms with Gasteiger partial charge in [0.15, 0.2) is 5.65 Å². The first-order chi connectivity index (χ1) is 12.5. The molecule has 3 aromatic heterocycles. The van der Waals surface area contributed by atoms with E-state index >= 15 is 0 Å². The minimum atomic E-state index is -0.387. The van der Waals surface area contributed by atoms with Crippen LogP contribution < -0.4 is 5.32 Å². The van der Waals surface area contributed by atoms with Crippen molar-refractivity contribution in [2.24, 2.45) is 7.05 Å². The van der Waals surface area contributed by atoms with Gasteiger partial charge in [0.05, 0.1) is 11.3 Å². The number of rotatable bonds is 3. The van der Waals surface area contributed by atoms with Crippen LogP contribution in [0.5, 0.6) is 0 Å². The minimum absolute atomic E-state index is 0.340. The Morgan fingerprint density at radius 3 is 2.85 bits per heavy atom. The molecule has 0 unspecified atom stereocenters. The van der Waals surface area contributed by atoms with E-state index in [0.29, 0.717) is 28.3 Å². The number of hydrogen-bond donors (Lipinski definition) is 1. The van der Waals surface area contributed by atoms with Gasteiger partial charge in [-0.15, -0.1) is 0 Å². The zero-order valence-corrected chi connectivity index (χ0v) is 14.1. The summed E-state index contributed by atoms with van der Waals surface area (Å²) >= 11 is 0. The van der Waals surface area contributed by atoms with Crippen LogP contribution in [-0.4, -0.2) is 30.3 Å². The number of aromatic nitrogens is 5. The Balaban J connectivity index is 1.73. The van der Waals surface area contributed by atoms with Gasteiger partial charge in [-0.2, -0.15) is 14.7 Å². The third-order valence-corrected chi connectivity index (χ3v) is 3.89. The monoisotopic (exact) mass is 350 g/mol. The molecule has 1 amide bonds. The lowest BCUT2D eigenvalue weighted by Crippen LogP contribution is -2.15. The summed E-state index contributed by atoms with van der Waals surface area (Å²) in [6.07, 6.45) is 3.20. The molecular weight excluding hydrogens is 335 g/mol. The molecule has 0 bridgehead atoms. The second-order valence-corrected chi connectivity index (χ2v) is 5.92. The molecule has 0 aliphatic rings. The van der Waals surface area contributed by atoms with E-state index in [2.05, 4.69) is 20.5 Å². The van der Waals surface area contributed by atoms with E-state index in [9.17, 15) is 9.18 Å². The van der Waals surface area contributed by atoms with Gasteiger partial charge in [0, 0.05) is 31.1 Å². The number of amides is 1. The molecule has 4 aromatic rings. The second kappa shape index (κ2) is 6.07. The van der Waals surface area contributed by atoms with Crippen LogP contribution in [-0.2, 0) is 7.05 Å². The summed E-state index contributed by atoms with van der Waals surface area (Å²) in [7, 11) is 1.71. The van der Waals surface area contributed by atoms with Crippen molar-refractivity contribution in [2.45, 2.75) is 6.92 Å². The molecule has 4 rings (SSSR count). The smallest absolute Gasteiger partial charge is 0.260 e. The Morgan fingerprint density at radius 1 is 1.19 bits per heavy atom. The molecule has 0 saturated heterocycles. The maximum Gasteiger partial charge on any atom is 0.260 e. The van der Waals surface area contributed by atoms with Crippen LogP contribution in [0.4, 0.5) is 10.2 Å². The highest BCUT2D eigenvalue weighted by Crippen LogP contribution is 2.23. The molecule has 7 nitrogen and oxygen atoms in total. The first-order valence-corrected chi connectivity index (χ1v) is 7.93. The maximum absolute atomic E-state index is 13.6. The Hall–Kier alpha value is -3.55. The molecule has 1 N–H and O–H groups in total. The number of carbonyl (C=O) groups is 1. The summed E-state index contributed by atoms with van der Waals surface area (Å²) in [5, 5.41) is 11.5. The molecule has 130 valence electrons. The van der Waals surface area contributed by atoms with Crippen molar-refractivity contribution in [1.82, 2.24) is 24.4 Å². The zero-order chi connectivity index (χ0) is 18.3. The average molecular weight is 350 g/mol. The highest BCUT2D eigenvalue weighted by Gasteiger charge is 2.19. The van der Waals surface area contributed by atoms with Crippen molar-refractivity contribution in [1.29, 1.82) is 0 Å². The number of halogens is 1. The van der Waals surface area contributed by atoms with Gasteiger partial charge in [0.1, 0.15) is 17.3 Å². The SMILES string of the molecule is Cc1cc2nccc(NC(=O)c3cn(C)nc3-c3cccc(F)c3)n2n1. The van der Waals surface area contributed by atoms with Crippen LogP contribution >= 0.6 is 0 Å². The van der Waals surface area contributed by atoms with Gasteiger partial charge in [-0.3, -0.25) is 9.48 Å². The number of nitrogens with one attached hydrogen (secondary N) is 1. The predicted octanol–water partition coefficient (Wildman–Crippen LogP) is 2.83. The highest BCUT2D eigenvalue weighted by molar-refractivity contribution is 6.07. The molecule has 0 aliphatic carbocycles. The third-order valence-electron chi connectivity index (χ3n) is 3.89. The summed E-state index contributed by atoms with van der Waals surface area (Å²) < 4.78 is 16.6. The standard InChI is InChI=1S/C18H15FN6O/c1-11-8-16-20-7-6-15(25(16)22-11)21-18(26)14-10-24(2)23-17(14)12-4-3-5-13(19)9-12/h3-10H,1-2H3,(H,21,26). The van der Waals surface area contributed by atoms with Gasteiger partial charge in [0.25, 0.3) is 5.91 Å². The van der Waals surface area contributed by atoms with Crippen molar-refractivity contribution in [3.05, 3.63) is 65.9 Å². The molecule has 0 atom stereocenters. The Labute approximate surface area is 148 Å². The quantitative estimate of drug-likeness (QED) is 0.616. The van der Waals surface area contributed by atoms with Crippen LogP contribution in [0, 0.1) is 12.7 Å². The fourth-order valence-electron chi connectivity index (χ4n) is 2.79. The molecule has 3 heterocycles. The van der Waals surface area contributed by atoms with E-state index in [-0.39, 0.29) is 11.7 Å². The van der Waals surface area contributed by atoms with Gasteiger partial charge in [0.2, 0.25) is 0 Å². The molecule has 26 heavy (non-hydrogen) atoms. The molecule has 0 aliphatic heterocycles. The molecule has 0 spiro atoms. The van der Waals surface area contributed by atoms with Crippen molar-refractivity contribution < 1.29 is 9.18 Å². The zero-order valence-electron chi connectivity index (χ0n) is 14.1. The van der Waals surface area contributed by atoms with Crippen molar-refractivity contribution in [3.63, 3.8) is 0 Å². The van der Waals surface area contributed by atoms with Gasteiger partial charge in [-0.05, 0) is 25.1 Å². The van der Waals surface area contributed by atoms with E-state index in [4.69, 9.17) is 0 Å². The summed E-state index contributed by atoms with van der Waals surface area (Å²) in [5.41, 5.74) is 2.71. The summed E-state index contributed by atoms with van der Waals surface area (Å²) in [6.45, 7) is 1.85. The van der Waals surface area contributed by atoms with Gasteiger partial charge in [-0.1, -0.05) is 12.1 Å². The summed E-state index contributed by atoms with van der Waals surface area (Å²) in [5.74, 6) is -0.262. The van der Waals surface area contributed by atoms with Crippen LogP contribution in [0.25, 0.3) is 16.9 Å².